The van der Waals surface area contributed by atoms with Crippen LogP contribution in [0.15, 0.2) is 0 Å². The first-order valence-corrected chi connectivity index (χ1v) is 7.53. The van der Waals surface area contributed by atoms with E-state index in [4.69, 9.17) is 18.0 Å². The zero-order valence-corrected chi connectivity index (χ0v) is 11.2. The average molecular weight is 304 g/mol. The van der Waals surface area contributed by atoms with E-state index in [0.29, 0.717) is 0 Å². The number of thiocarbonyl (C=S) groups is 1. The summed E-state index contributed by atoms with van der Waals surface area (Å²) in [6.07, 6.45) is -4.27. The monoisotopic (exact) mass is 304 g/mol. The van der Waals surface area contributed by atoms with Crippen molar-refractivity contribution in [1.29, 1.82) is 0 Å². The highest BCUT2D eigenvalue weighted by atomic mass is 32.2. The summed E-state index contributed by atoms with van der Waals surface area (Å²) in [5.41, 5.74) is 5.41. The van der Waals surface area contributed by atoms with Crippen LogP contribution in [0.1, 0.15) is 25.7 Å². The van der Waals surface area contributed by atoms with Crippen molar-refractivity contribution in [3.63, 3.8) is 0 Å². The number of nitrogens with two attached hydrogens (primary N) is 1. The van der Waals surface area contributed by atoms with E-state index in [1.165, 1.54) is 0 Å². The summed E-state index contributed by atoms with van der Waals surface area (Å²) in [5.74, 6) is -0.488. The number of hydrogen-bond acceptors (Lipinski definition) is 3. The largest absolute Gasteiger partial charge is 0.392 e. The van der Waals surface area contributed by atoms with Gasteiger partial charge in [-0.2, -0.15) is 13.2 Å². The summed E-state index contributed by atoms with van der Waals surface area (Å²) >= 11 is 4.74. The molecule has 0 radical (unpaired) electrons. The zero-order chi connectivity index (χ0) is 14.0. The Bertz CT molecular complexity index is 405. The third-order valence-electron chi connectivity index (χ3n) is 2.58. The van der Waals surface area contributed by atoms with Crippen LogP contribution in [0.3, 0.4) is 0 Å². The standard InChI is InChI=1S/C9H15F3N2O2S2/c10-9(11,12)4-1-5-18(15,16)14-7(8(13)17)6-2-3-6/h6-7,14H,1-5H2,(H2,13,17). The second-order valence-electron chi connectivity index (χ2n) is 4.37. The molecule has 1 saturated carbocycles. The first-order chi connectivity index (χ1) is 8.11. The second kappa shape index (κ2) is 5.70. The molecule has 0 amide bonds. The van der Waals surface area contributed by atoms with E-state index in [-0.39, 0.29) is 10.9 Å². The maximum atomic E-state index is 11.9. The Morgan fingerprint density at radius 1 is 1.44 bits per heavy atom. The smallest absolute Gasteiger partial charge is 0.389 e. The lowest BCUT2D eigenvalue weighted by molar-refractivity contribution is -0.134. The summed E-state index contributed by atoms with van der Waals surface area (Å²) in [4.78, 5) is 0.0388. The molecule has 1 aliphatic carbocycles. The van der Waals surface area contributed by atoms with Gasteiger partial charge in [-0.15, -0.1) is 0 Å². The van der Waals surface area contributed by atoms with E-state index in [1.54, 1.807) is 0 Å². The van der Waals surface area contributed by atoms with Gasteiger partial charge >= 0.3 is 6.18 Å². The molecule has 1 atom stereocenters. The highest BCUT2D eigenvalue weighted by Gasteiger charge is 2.36. The molecule has 0 spiro atoms. The number of halogens is 3. The van der Waals surface area contributed by atoms with Gasteiger partial charge in [-0.25, -0.2) is 13.1 Å². The molecule has 3 N–H and O–H groups in total. The van der Waals surface area contributed by atoms with E-state index in [0.717, 1.165) is 12.8 Å². The van der Waals surface area contributed by atoms with Gasteiger partial charge in [-0.05, 0) is 25.2 Å². The number of rotatable bonds is 7. The molecule has 9 heteroatoms. The molecule has 1 rings (SSSR count). The third-order valence-corrected chi connectivity index (χ3v) is 4.27. The van der Waals surface area contributed by atoms with Crippen LogP contribution in [0.25, 0.3) is 0 Å². The number of sulfonamides is 1. The molecular weight excluding hydrogens is 289 g/mol. The van der Waals surface area contributed by atoms with Crippen LogP contribution in [0, 0.1) is 5.92 Å². The molecule has 1 aliphatic rings. The van der Waals surface area contributed by atoms with Crippen LogP contribution >= 0.6 is 12.2 Å². The lowest BCUT2D eigenvalue weighted by Gasteiger charge is -2.16. The van der Waals surface area contributed by atoms with E-state index >= 15 is 0 Å². The van der Waals surface area contributed by atoms with Crippen LogP contribution in [0.4, 0.5) is 13.2 Å². The molecule has 0 aliphatic heterocycles. The van der Waals surface area contributed by atoms with Gasteiger partial charge in [0, 0.05) is 6.42 Å². The Balaban J connectivity index is 2.45. The maximum absolute atomic E-state index is 11.9. The van der Waals surface area contributed by atoms with E-state index in [1.807, 2.05) is 0 Å². The van der Waals surface area contributed by atoms with E-state index < -0.39 is 40.8 Å². The number of alkyl halides is 3. The van der Waals surface area contributed by atoms with Crippen LogP contribution in [0.2, 0.25) is 0 Å². The van der Waals surface area contributed by atoms with Gasteiger partial charge in [0.1, 0.15) is 0 Å². The fraction of sp³-hybridized carbons (Fsp3) is 0.889. The fourth-order valence-corrected chi connectivity index (χ4v) is 3.21. The molecule has 0 aromatic heterocycles. The topological polar surface area (TPSA) is 72.2 Å². The normalized spacial score (nSPS) is 18.6. The Hall–Kier alpha value is -0.410. The average Bonchev–Trinajstić information content (AvgIpc) is 2.94. The van der Waals surface area contributed by atoms with Gasteiger partial charge in [-0.3, -0.25) is 0 Å². The molecular formula is C9H15F3N2O2S2. The predicted molar refractivity (Wildman–Crippen MR) is 65.5 cm³/mol. The van der Waals surface area contributed by atoms with Crippen molar-refractivity contribution in [2.45, 2.75) is 37.9 Å². The first kappa shape index (κ1) is 15.6. The van der Waals surface area contributed by atoms with Crippen molar-refractivity contribution in [2.75, 3.05) is 5.75 Å². The van der Waals surface area contributed by atoms with Crippen LogP contribution in [0.5, 0.6) is 0 Å². The number of hydrogen-bond donors (Lipinski definition) is 2. The summed E-state index contributed by atoms with van der Waals surface area (Å²) in [5, 5.41) is 0. The SMILES string of the molecule is NC(=S)C(NS(=O)(=O)CCCC(F)(F)F)C1CC1. The molecule has 0 aromatic rings. The Kier molecular flexibility index (Phi) is 4.96. The quantitative estimate of drug-likeness (QED) is 0.696. The molecule has 0 aromatic carbocycles. The Morgan fingerprint density at radius 2 is 2.00 bits per heavy atom. The fourth-order valence-electron chi connectivity index (χ4n) is 1.53. The van der Waals surface area contributed by atoms with Gasteiger partial charge in [0.15, 0.2) is 0 Å². The van der Waals surface area contributed by atoms with E-state index in [2.05, 4.69) is 4.72 Å². The number of nitrogens with one attached hydrogen (secondary N) is 1. The predicted octanol–water partition coefficient (Wildman–Crippen LogP) is 1.31. The molecule has 0 bridgehead atoms. The lowest BCUT2D eigenvalue weighted by Crippen LogP contribution is -2.45. The minimum Gasteiger partial charge on any atom is -0.392 e. The maximum Gasteiger partial charge on any atom is 0.389 e. The highest BCUT2D eigenvalue weighted by molar-refractivity contribution is 7.89. The minimum atomic E-state index is -4.34. The van der Waals surface area contributed by atoms with Crippen molar-refractivity contribution < 1.29 is 21.6 Å². The van der Waals surface area contributed by atoms with Gasteiger partial charge in [0.05, 0.1) is 16.8 Å². The molecule has 106 valence electrons. The van der Waals surface area contributed by atoms with Crippen molar-refractivity contribution in [3.05, 3.63) is 0 Å². The lowest BCUT2D eigenvalue weighted by atomic mass is 10.2. The molecule has 1 unspecified atom stereocenters. The Morgan fingerprint density at radius 3 is 2.39 bits per heavy atom. The van der Waals surface area contributed by atoms with Crippen LogP contribution < -0.4 is 10.5 Å². The summed E-state index contributed by atoms with van der Waals surface area (Å²) in [6.45, 7) is 0. The van der Waals surface area contributed by atoms with Gasteiger partial charge in [0.25, 0.3) is 0 Å². The third kappa shape index (κ3) is 5.96. The van der Waals surface area contributed by atoms with Crippen molar-refractivity contribution in [2.24, 2.45) is 11.7 Å². The van der Waals surface area contributed by atoms with E-state index in [9.17, 15) is 21.6 Å². The first-order valence-electron chi connectivity index (χ1n) is 5.47. The summed E-state index contributed by atoms with van der Waals surface area (Å²) in [7, 11) is -3.77. The van der Waals surface area contributed by atoms with Crippen LogP contribution in [-0.4, -0.2) is 31.4 Å². The minimum absolute atomic E-state index is 0.0388. The Labute approximate surface area is 109 Å². The van der Waals surface area contributed by atoms with Crippen molar-refractivity contribution in [3.8, 4) is 0 Å². The molecule has 1 fully saturated rings. The highest BCUT2D eigenvalue weighted by Crippen LogP contribution is 2.33. The van der Waals surface area contributed by atoms with Crippen LogP contribution in [-0.2, 0) is 10.0 Å². The van der Waals surface area contributed by atoms with Gasteiger partial charge < -0.3 is 5.73 Å². The molecule has 18 heavy (non-hydrogen) atoms. The van der Waals surface area contributed by atoms with Crippen molar-refractivity contribution in [1.82, 2.24) is 4.72 Å². The van der Waals surface area contributed by atoms with Gasteiger partial charge in [0.2, 0.25) is 10.0 Å². The second-order valence-corrected chi connectivity index (χ2v) is 6.72. The zero-order valence-electron chi connectivity index (χ0n) is 9.53. The summed E-state index contributed by atoms with van der Waals surface area (Å²) in [6, 6.07) is -0.629. The summed E-state index contributed by atoms with van der Waals surface area (Å²) < 4.78 is 61.1. The molecule has 0 saturated heterocycles. The molecule has 0 heterocycles. The molecule has 4 nitrogen and oxygen atoms in total. The van der Waals surface area contributed by atoms with Crippen molar-refractivity contribution >= 4 is 27.2 Å². The van der Waals surface area contributed by atoms with Gasteiger partial charge in [-0.1, -0.05) is 12.2 Å².